The highest BCUT2D eigenvalue weighted by molar-refractivity contribution is 5.69. The molecule has 18 heavy (non-hydrogen) atoms. The Morgan fingerprint density at radius 3 is 3.00 bits per heavy atom. The van der Waals surface area contributed by atoms with Crippen molar-refractivity contribution in [3.63, 3.8) is 0 Å². The van der Waals surface area contributed by atoms with Crippen molar-refractivity contribution in [3.05, 3.63) is 36.3 Å². The van der Waals surface area contributed by atoms with E-state index in [1.807, 2.05) is 46.9 Å². The van der Waals surface area contributed by atoms with Gasteiger partial charge in [-0.1, -0.05) is 13.0 Å². The van der Waals surface area contributed by atoms with Gasteiger partial charge in [0.2, 0.25) is 0 Å². The molecule has 1 atom stereocenters. The summed E-state index contributed by atoms with van der Waals surface area (Å²) in [4.78, 5) is 17.2. The number of carbonyl (C=O) groups is 1. The molecule has 0 saturated heterocycles. The Hall–Kier alpha value is -1.88. The van der Waals surface area contributed by atoms with Crippen molar-refractivity contribution in [2.45, 2.75) is 13.5 Å². The number of hydrogen-bond acceptors (Lipinski definition) is 3. The lowest BCUT2D eigenvalue weighted by Gasteiger charge is -2.17. The predicted molar refractivity (Wildman–Crippen MR) is 68.3 cm³/mol. The van der Waals surface area contributed by atoms with E-state index < -0.39 is 5.97 Å². The van der Waals surface area contributed by atoms with Gasteiger partial charge in [-0.2, -0.15) is 0 Å². The van der Waals surface area contributed by atoms with E-state index in [1.54, 1.807) is 6.92 Å². The second-order valence-electron chi connectivity index (χ2n) is 4.63. The number of aliphatic carboxylic acids is 1. The first-order chi connectivity index (χ1) is 8.56. The van der Waals surface area contributed by atoms with Gasteiger partial charge in [0.05, 0.1) is 11.6 Å². The lowest BCUT2D eigenvalue weighted by molar-refractivity contribution is -0.141. The van der Waals surface area contributed by atoms with E-state index in [-0.39, 0.29) is 5.92 Å². The molecule has 0 aliphatic carbocycles. The van der Waals surface area contributed by atoms with E-state index in [4.69, 9.17) is 5.11 Å². The molecule has 1 unspecified atom stereocenters. The van der Waals surface area contributed by atoms with Crippen molar-refractivity contribution in [1.29, 1.82) is 0 Å². The van der Waals surface area contributed by atoms with Crippen molar-refractivity contribution in [2.24, 2.45) is 5.92 Å². The van der Waals surface area contributed by atoms with Gasteiger partial charge < -0.3 is 9.51 Å². The minimum absolute atomic E-state index is 0.368. The van der Waals surface area contributed by atoms with Crippen LogP contribution in [0.4, 0.5) is 0 Å². The fraction of sp³-hybridized carbons (Fsp3) is 0.385. The highest BCUT2D eigenvalue weighted by atomic mass is 16.4. The second kappa shape index (κ2) is 5.18. The third-order valence-corrected chi connectivity index (χ3v) is 2.85. The van der Waals surface area contributed by atoms with Gasteiger partial charge >= 0.3 is 5.97 Å². The highest BCUT2D eigenvalue weighted by Gasteiger charge is 2.14. The van der Waals surface area contributed by atoms with Gasteiger partial charge in [-0.15, -0.1) is 0 Å². The number of carboxylic acid groups (broad SMARTS) is 1. The van der Waals surface area contributed by atoms with Gasteiger partial charge in [0.15, 0.2) is 0 Å². The van der Waals surface area contributed by atoms with Crippen LogP contribution in [-0.2, 0) is 11.3 Å². The van der Waals surface area contributed by atoms with Crippen molar-refractivity contribution in [1.82, 2.24) is 14.3 Å². The smallest absolute Gasteiger partial charge is 0.307 e. The summed E-state index contributed by atoms with van der Waals surface area (Å²) in [6.45, 7) is 2.88. The van der Waals surface area contributed by atoms with Crippen LogP contribution in [0.2, 0.25) is 0 Å². The molecule has 2 aromatic rings. The SMILES string of the molecule is CC(CN(C)Cc1cn2ccccc2n1)C(=O)O. The lowest BCUT2D eigenvalue weighted by Crippen LogP contribution is -2.28. The average Bonchev–Trinajstić information content (AvgIpc) is 2.70. The molecular weight excluding hydrogens is 230 g/mol. The normalized spacial score (nSPS) is 13.1. The standard InChI is InChI=1S/C13H17N3O2/c1-10(13(17)18)7-15(2)8-11-9-16-6-4-3-5-12(16)14-11/h3-6,9-10H,7-8H2,1-2H3,(H,17,18). The lowest BCUT2D eigenvalue weighted by atomic mass is 10.2. The van der Waals surface area contributed by atoms with Gasteiger partial charge in [0, 0.05) is 25.5 Å². The van der Waals surface area contributed by atoms with Crippen molar-refractivity contribution in [3.8, 4) is 0 Å². The largest absolute Gasteiger partial charge is 0.481 e. The fourth-order valence-corrected chi connectivity index (χ4v) is 1.95. The zero-order valence-corrected chi connectivity index (χ0v) is 10.6. The van der Waals surface area contributed by atoms with E-state index in [2.05, 4.69) is 4.98 Å². The first kappa shape index (κ1) is 12.6. The highest BCUT2D eigenvalue weighted by Crippen LogP contribution is 2.08. The number of imidazole rings is 1. The van der Waals surface area contributed by atoms with Gasteiger partial charge in [-0.05, 0) is 19.2 Å². The van der Waals surface area contributed by atoms with Crippen LogP contribution in [-0.4, -0.2) is 39.0 Å². The Morgan fingerprint density at radius 2 is 2.33 bits per heavy atom. The Kier molecular flexibility index (Phi) is 3.62. The van der Waals surface area contributed by atoms with E-state index in [0.717, 1.165) is 11.3 Å². The van der Waals surface area contributed by atoms with Gasteiger partial charge in [0.25, 0.3) is 0 Å². The van der Waals surface area contributed by atoms with Crippen LogP contribution in [0.15, 0.2) is 30.6 Å². The topological polar surface area (TPSA) is 57.8 Å². The molecule has 0 bridgehead atoms. The quantitative estimate of drug-likeness (QED) is 0.869. The summed E-state index contributed by atoms with van der Waals surface area (Å²) in [5, 5.41) is 8.86. The van der Waals surface area contributed by atoms with Crippen LogP contribution in [0.25, 0.3) is 5.65 Å². The number of fused-ring (bicyclic) bond motifs is 1. The molecule has 2 heterocycles. The Labute approximate surface area is 106 Å². The zero-order valence-electron chi connectivity index (χ0n) is 10.6. The minimum Gasteiger partial charge on any atom is -0.481 e. The van der Waals surface area contributed by atoms with Crippen LogP contribution >= 0.6 is 0 Å². The molecule has 0 aliphatic heterocycles. The minimum atomic E-state index is -0.767. The summed E-state index contributed by atoms with van der Waals surface area (Å²) < 4.78 is 1.96. The van der Waals surface area contributed by atoms with E-state index in [1.165, 1.54) is 0 Å². The number of carboxylic acids is 1. The van der Waals surface area contributed by atoms with E-state index >= 15 is 0 Å². The zero-order chi connectivity index (χ0) is 13.1. The Balaban J connectivity index is 2.02. The number of pyridine rings is 1. The molecular formula is C13H17N3O2. The second-order valence-corrected chi connectivity index (χ2v) is 4.63. The molecule has 0 fully saturated rings. The number of hydrogen-bond donors (Lipinski definition) is 1. The molecule has 0 aliphatic rings. The summed E-state index contributed by atoms with van der Waals surface area (Å²) in [7, 11) is 1.91. The summed E-state index contributed by atoms with van der Waals surface area (Å²) >= 11 is 0. The third-order valence-electron chi connectivity index (χ3n) is 2.85. The molecule has 1 N–H and O–H groups in total. The molecule has 0 spiro atoms. The Bertz CT molecular complexity index is 517. The summed E-state index contributed by atoms with van der Waals surface area (Å²) in [5.41, 5.74) is 1.86. The molecule has 0 aromatic carbocycles. The van der Waals surface area contributed by atoms with Gasteiger partial charge in [-0.3, -0.25) is 9.69 Å². The maximum absolute atomic E-state index is 10.8. The molecule has 5 heteroatoms. The monoisotopic (exact) mass is 247 g/mol. The van der Waals surface area contributed by atoms with Crippen LogP contribution in [0.3, 0.4) is 0 Å². The van der Waals surface area contributed by atoms with E-state index in [0.29, 0.717) is 13.1 Å². The molecule has 0 amide bonds. The van der Waals surface area contributed by atoms with Gasteiger partial charge in [-0.25, -0.2) is 4.98 Å². The first-order valence-electron chi connectivity index (χ1n) is 5.90. The van der Waals surface area contributed by atoms with Crippen LogP contribution in [0, 0.1) is 5.92 Å². The maximum Gasteiger partial charge on any atom is 0.307 e. The van der Waals surface area contributed by atoms with Crippen LogP contribution in [0.1, 0.15) is 12.6 Å². The van der Waals surface area contributed by atoms with Crippen LogP contribution in [0.5, 0.6) is 0 Å². The molecule has 5 nitrogen and oxygen atoms in total. The Morgan fingerprint density at radius 1 is 1.56 bits per heavy atom. The summed E-state index contributed by atoms with van der Waals surface area (Å²) in [5.74, 6) is -1.14. The first-order valence-corrected chi connectivity index (χ1v) is 5.90. The molecule has 2 rings (SSSR count). The summed E-state index contributed by atoms with van der Waals surface area (Å²) in [6, 6.07) is 5.85. The fourth-order valence-electron chi connectivity index (χ4n) is 1.95. The predicted octanol–water partition coefficient (Wildman–Crippen LogP) is 1.49. The number of rotatable bonds is 5. The van der Waals surface area contributed by atoms with E-state index in [9.17, 15) is 4.79 Å². The average molecular weight is 247 g/mol. The molecule has 0 radical (unpaired) electrons. The van der Waals surface area contributed by atoms with Crippen molar-refractivity contribution >= 4 is 11.6 Å². The van der Waals surface area contributed by atoms with Gasteiger partial charge in [0.1, 0.15) is 5.65 Å². The molecule has 96 valence electrons. The molecule has 0 saturated carbocycles. The van der Waals surface area contributed by atoms with Crippen molar-refractivity contribution in [2.75, 3.05) is 13.6 Å². The maximum atomic E-state index is 10.8. The van der Waals surface area contributed by atoms with Crippen molar-refractivity contribution < 1.29 is 9.90 Å². The number of nitrogens with zero attached hydrogens (tertiary/aromatic N) is 3. The van der Waals surface area contributed by atoms with Crippen LogP contribution < -0.4 is 0 Å². The molecule has 2 aromatic heterocycles. The third kappa shape index (κ3) is 2.87. The summed E-state index contributed by atoms with van der Waals surface area (Å²) in [6.07, 6.45) is 3.92. The number of aromatic nitrogens is 2.